The Kier molecular flexibility index (Phi) is 8.85. The lowest BCUT2D eigenvalue weighted by Crippen LogP contribution is -2.59. The van der Waals surface area contributed by atoms with Crippen LogP contribution in [0.1, 0.15) is 59.5 Å². The number of piperidine rings is 1. The molecule has 9 heteroatoms. The number of hydrogen-bond donors (Lipinski definition) is 3. The summed E-state index contributed by atoms with van der Waals surface area (Å²) in [5, 5.41) is 15.4. The molecule has 3 aliphatic rings. The fourth-order valence-electron chi connectivity index (χ4n) is 6.69. The number of rotatable bonds is 4. The van der Waals surface area contributed by atoms with Gasteiger partial charge in [0.05, 0.1) is 17.0 Å². The van der Waals surface area contributed by atoms with Crippen molar-refractivity contribution in [3.8, 4) is 11.3 Å². The lowest BCUT2D eigenvalue weighted by Gasteiger charge is -2.52. The molecule has 2 aromatic carbocycles. The van der Waals surface area contributed by atoms with Crippen LogP contribution in [0.2, 0.25) is 0 Å². The van der Waals surface area contributed by atoms with Crippen molar-refractivity contribution in [2.24, 2.45) is 11.7 Å². The fraction of sp³-hybridized carbons (Fsp3) is 0.448. The van der Waals surface area contributed by atoms with E-state index in [0.29, 0.717) is 31.9 Å². The van der Waals surface area contributed by atoms with Crippen molar-refractivity contribution >= 4 is 30.7 Å². The predicted molar refractivity (Wildman–Crippen MR) is 153 cm³/mol. The molecule has 6 rings (SSSR count). The molecule has 4 N–H and O–H groups in total. The summed E-state index contributed by atoms with van der Waals surface area (Å²) >= 11 is 0. The second-order valence-electron chi connectivity index (χ2n) is 10.5. The molecular formula is C29H37Cl2N5O2. The molecule has 7 nitrogen and oxygen atoms in total. The van der Waals surface area contributed by atoms with Gasteiger partial charge in [0.2, 0.25) is 0 Å². The Bertz CT molecular complexity index is 1270. The van der Waals surface area contributed by atoms with E-state index >= 15 is 0 Å². The molecule has 0 spiro atoms. The Balaban J connectivity index is 0.00000168. The number of hydrogen-bond acceptors (Lipinski definition) is 5. The van der Waals surface area contributed by atoms with E-state index in [0.717, 1.165) is 66.9 Å². The van der Waals surface area contributed by atoms with E-state index in [9.17, 15) is 9.90 Å². The summed E-state index contributed by atoms with van der Waals surface area (Å²) in [6.07, 6.45) is 4.57. The number of nitrogens with zero attached hydrogens (tertiary/aromatic N) is 3. The number of carbonyl (C=O) groups excluding carboxylic acids is 1. The number of nitrogens with one attached hydrogen (secondary N) is 1. The minimum atomic E-state index is -0.896. The molecule has 38 heavy (non-hydrogen) atoms. The van der Waals surface area contributed by atoms with Crippen LogP contribution in [0.5, 0.6) is 0 Å². The molecule has 0 radical (unpaired) electrons. The van der Waals surface area contributed by atoms with Gasteiger partial charge in [0.25, 0.3) is 5.91 Å². The van der Waals surface area contributed by atoms with Gasteiger partial charge in [-0.15, -0.1) is 24.8 Å². The SMILES string of the molecule is Cl.Cl.NCc1cccc(-c2nc(C(=O)N3CC[C@](O)(c4ccccc4)[C@H]4CCCCC43)n3c2CNCC3)c1. The highest BCUT2D eigenvalue weighted by Gasteiger charge is 2.51. The van der Waals surface area contributed by atoms with Crippen molar-refractivity contribution in [1.82, 2.24) is 19.8 Å². The quantitative estimate of drug-likeness (QED) is 0.445. The van der Waals surface area contributed by atoms with Gasteiger partial charge < -0.3 is 25.6 Å². The van der Waals surface area contributed by atoms with Gasteiger partial charge in [-0.1, -0.05) is 61.4 Å². The highest BCUT2D eigenvalue weighted by atomic mass is 35.5. The van der Waals surface area contributed by atoms with Crippen LogP contribution in [0.3, 0.4) is 0 Å². The van der Waals surface area contributed by atoms with Crippen molar-refractivity contribution in [2.45, 2.75) is 63.4 Å². The topological polar surface area (TPSA) is 96.4 Å². The lowest BCUT2D eigenvalue weighted by molar-refractivity contribution is -0.110. The molecule has 0 bridgehead atoms. The molecule has 2 aliphatic heterocycles. The normalized spacial score (nSPS) is 24.4. The summed E-state index contributed by atoms with van der Waals surface area (Å²) in [4.78, 5) is 21.2. The van der Waals surface area contributed by atoms with Crippen molar-refractivity contribution < 1.29 is 9.90 Å². The van der Waals surface area contributed by atoms with Crippen LogP contribution in [0.15, 0.2) is 54.6 Å². The lowest BCUT2D eigenvalue weighted by atomic mass is 9.66. The van der Waals surface area contributed by atoms with E-state index in [1.165, 1.54) is 0 Å². The summed E-state index contributed by atoms with van der Waals surface area (Å²) in [5.41, 5.74) is 9.93. The maximum absolute atomic E-state index is 14.2. The fourth-order valence-corrected chi connectivity index (χ4v) is 6.69. The molecule has 3 heterocycles. The summed E-state index contributed by atoms with van der Waals surface area (Å²) < 4.78 is 2.11. The van der Waals surface area contributed by atoms with E-state index in [-0.39, 0.29) is 42.7 Å². The van der Waals surface area contributed by atoms with Gasteiger partial charge in [-0.3, -0.25) is 4.79 Å². The smallest absolute Gasteiger partial charge is 0.290 e. The van der Waals surface area contributed by atoms with Gasteiger partial charge in [-0.2, -0.15) is 0 Å². The van der Waals surface area contributed by atoms with E-state index in [1.807, 2.05) is 53.4 Å². The summed E-state index contributed by atoms with van der Waals surface area (Å²) in [5.74, 6) is 0.546. The third-order valence-electron chi connectivity index (χ3n) is 8.52. The first-order valence-corrected chi connectivity index (χ1v) is 13.3. The molecule has 1 aliphatic carbocycles. The number of halogens is 2. The highest BCUT2D eigenvalue weighted by Crippen LogP contribution is 2.47. The average molecular weight is 559 g/mol. The molecular weight excluding hydrogens is 521 g/mol. The number of aliphatic hydroxyl groups is 1. The first kappa shape index (κ1) is 28.6. The molecule has 1 aromatic heterocycles. The Morgan fingerprint density at radius 3 is 2.66 bits per heavy atom. The molecule has 3 atom stereocenters. The summed E-state index contributed by atoms with van der Waals surface area (Å²) in [6.45, 7) is 3.21. The Morgan fingerprint density at radius 2 is 1.87 bits per heavy atom. The number of aromatic nitrogens is 2. The van der Waals surface area contributed by atoms with Crippen LogP contribution < -0.4 is 11.1 Å². The van der Waals surface area contributed by atoms with Gasteiger partial charge in [0.15, 0.2) is 5.82 Å². The van der Waals surface area contributed by atoms with Crippen LogP contribution in [-0.4, -0.2) is 44.6 Å². The Hall–Kier alpha value is -2.42. The molecule has 1 unspecified atom stereocenters. The van der Waals surface area contributed by atoms with Crippen LogP contribution in [0.25, 0.3) is 11.3 Å². The van der Waals surface area contributed by atoms with Gasteiger partial charge in [0.1, 0.15) is 0 Å². The van der Waals surface area contributed by atoms with E-state index < -0.39 is 5.60 Å². The number of amides is 1. The number of benzene rings is 2. The Labute approximate surface area is 236 Å². The van der Waals surface area contributed by atoms with Gasteiger partial charge in [0, 0.05) is 50.2 Å². The molecule has 1 amide bonds. The van der Waals surface area contributed by atoms with E-state index in [4.69, 9.17) is 10.7 Å². The molecule has 2 fully saturated rings. The molecule has 1 saturated heterocycles. The van der Waals surface area contributed by atoms with Crippen molar-refractivity contribution in [3.63, 3.8) is 0 Å². The minimum absolute atomic E-state index is 0. The van der Waals surface area contributed by atoms with Gasteiger partial charge in [-0.05, 0) is 36.5 Å². The first-order chi connectivity index (χ1) is 17.6. The zero-order valence-electron chi connectivity index (χ0n) is 21.5. The molecule has 204 valence electrons. The number of carbonyl (C=O) groups is 1. The summed E-state index contributed by atoms with van der Waals surface area (Å²) in [7, 11) is 0. The maximum atomic E-state index is 14.2. The minimum Gasteiger partial charge on any atom is -0.385 e. The van der Waals surface area contributed by atoms with Gasteiger partial charge in [-0.25, -0.2) is 4.98 Å². The second kappa shape index (κ2) is 11.8. The van der Waals surface area contributed by atoms with Crippen molar-refractivity contribution in [3.05, 3.63) is 77.2 Å². The zero-order valence-corrected chi connectivity index (χ0v) is 23.1. The number of fused-ring (bicyclic) bond motifs is 2. The van der Waals surface area contributed by atoms with E-state index in [2.05, 4.69) is 16.0 Å². The average Bonchev–Trinajstić information content (AvgIpc) is 3.33. The Morgan fingerprint density at radius 1 is 1.08 bits per heavy atom. The largest absolute Gasteiger partial charge is 0.385 e. The van der Waals surface area contributed by atoms with Crippen LogP contribution in [-0.2, 0) is 25.2 Å². The van der Waals surface area contributed by atoms with E-state index in [1.54, 1.807) is 0 Å². The van der Waals surface area contributed by atoms with Crippen LogP contribution >= 0.6 is 24.8 Å². The monoisotopic (exact) mass is 557 g/mol. The highest BCUT2D eigenvalue weighted by molar-refractivity contribution is 5.92. The second-order valence-corrected chi connectivity index (χ2v) is 10.5. The van der Waals surface area contributed by atoms with Crippen molar-refractivity contribution in [2.75, 3.05) is 13.1 Å². The number of likely N-dealkylation sites (tertiary alicyclic amines) is 1. The summed E-state index contributed by atoms with van der Waals surface area (Å²) in [6, 6.07) is 18.2. The van der Waals surface area contributed by atoms with Crippen LogP contribution in [0, 0.1) is 5.92 Å². The zero-order chi connectivity index (χ0) is 24.7. The molecule has 3 aromatic rings. The maximum Gasteiger partial charge on any atom is 0.290 e. The standard InChI is InChI=1S/C29H35N5O2.2ClH/c30-18-20-7-6-8-21(17-20)26-25-19-31-14-16-33(25)27(32-26)28(35)34-15-13-29(36,22-9-2-1-3-10-22)23-11-4-5-12-24(23)34;;/h1-3,6-10,17,23-24,31,36H,4-5,11-16,18-19,30H2;2*1H/t23-,24?,29-;;/m0../s1. The third-order valence-corrected chi connectivity index (χ3v) is 8.52. The third kappa shape index (κ3) is 4.87. The molecule has 1 saturated carbocycles. The van der Waals surface area contributed by atoms with Crippen molar-refractivity contribution in [1.29, 1.82) is 0 Å². The number of nitrogens with two attached hydrogens (primary N) is 1. The van der Waals surface area contributed by atoms with Gasteiger partial charge >= 0.3 is 0 Å². The number of imidazole rings is 1. The predicted octanol–water partition coefficient (Wildman–Crippen LogP) is 4.25. The first-order valence-electron chi connectivity index (χ1n) is 13.3. The van der Waals surface area contributed by atoms with Crippen LogP contribution in [0.4, 0.5) is 0 Å².